The molecule has 2 unspecified atom stereocenters. The Kier molecular flexibility index (Phi) is 6.80. The molecular weight excluding hydrogens is 240 g/mol. The highest BCUT2D eigenvalue weighted by Crippen LogP contribution is 2.23. The molecule has 1 saturated heterocycles. The normalized spacial score (nSPS) is 23.9. The van der Waals surface area contributed by atoms with Gasteiger partial charge in [-0.1, -0.05) is 19.8 Å². The number of nitrogens with zero attached hydrogens (tertiary/aromatic N) is 1. The van der Waals surface area contributed by atoms with Gasteiger partial charge in [0.2, 0.25) is 0 Å². The van der Waals surface area contributed by atoms with Crippen molar-refractivity contribution in [3.63, 3.8) is 0 Å². The Morgan fingerprint density at radius 2 is 2.16 bits per heavy atom. The Morgan fingerprint density at radius 3 is 2.74 bits per heavy atom. The van der Waals surface area contributed by atoms with Crippen LogP contribution in [-0.2, 0) is 9.53 Å². The number of nitrogens with one attached hydrogen (secondary N) is 1. The van der Waals surface area contributed by atoms with Crippen LogP contribution in [-0.4, -0.2) is 49.2 Å². The lowest BCUT2D eigenvalue weighted by Gasteiger charge is -2.40. The summed E-state index contributed by atoms with van der Waals surface area (Å²) in [5.74, 6) is -0.140. The van der Waals surface area contributed by atoms with E-state index in [2.05, 4.69) is 17.1 Å². The maximum absolute atomic E-state index is 12.1. The van der Waals surface area contributed by atoms with E-state index < -0.39 is 5.54 Å². The first-order valence-corrected chi connectivity index (χ1v) is 7.67. The molecule has 0 radical (unpaired) electrons. The fourth-order valence-corrected chi connectivity index (χ4v) is 2.87. The summed E-state index contributed by atoms with van der Waals surface area (Å²) in [7, 11) is 1.84. The average Bonchev–Trinajstić information content (AvgIpc) is 2.41. The van der Waals surface area contributed by atoms with E-state index in [4.69, 9.17) is 4.74 Å². The third-order valence-electron chi connectivity index (χ3n) is 4.17. The number of hydrogen-bond acceptors (Lipinski definition) is 4. The highest BCUT2D eigenvalue weighted by atomic mass is 16.5. The maximum Gasteiger partial charge on any atom is 0.327 e. The molecule has 0 spiro atoms. The molecule has 0 aromatic heterocycles. The SMILES string of the molecule is CCCC1CCCCN1CC(C)(NC)C(=O)OCC. The topological polar surface area (TPSA) is 41.6 Å². The Hall–Kier alpha value is -0.610. The molecule has 1 aliphatic rings. The molecule has 19 heavy (non-hydrogen) atoms. The minimum atomic E-state index is -0.598. The van der Waals surface area contributed by atoms with Crippen LogP contribution in [0, 0.1) is 0 Å². The van der Waals surface area contributed by atoms with Crippen molar-refractivity contribution in [2.45, 2.75) is 64.5 Å². The van der Waals surface area contributed by atoms with Gasteiger partial charge in [-0.25, -0.2) is 0 Å². The molecular formula is C15H30N2O2. The zero-order valence-corrected chi connectivity index (χ0v) is 13.0. The van der Waals surface area contributed by atoms with Gasteiger partial charge in [-0.15, -0.1) is 0 Å². The van der Waals surface area contributed by atoms with Crippen molar-refractivity contribution in [2.75, 3.05) is 26.7 Å². The van der Waals surface area contributed by atoms with E-state index in [0.717, 1.165) is 13.1 Å². The molecule has 0 bridgehead atoms. The number of carbonyl (C=O) groups excluding carboxylic acids is 1. The van der Waals surface area contributed by atoms with Gasteiger partial charge >= 0.3 is 5.97 Å². The number of hydrogen-bond donors (Lipinski definition) is 1. The van der Waals surface area contributed by atoms with Crippen molar-refractivity contribution in [3.8, 4) is 0 Å². The largest absolute Gasteiger partial charge is 0.465 e. The minimum absolute atomic E-state index is 0.140. The van der Waals surface area contributed by atoms with Crippen LogP contribution in [0.15, 0.2) is 0 Å². The number of likely N-dealkylation sites (N-methyl/N-ethyl adjacent to an activating group) is 1. The monoisotopic (exact) mass is 270 g/mol. The van der Waals surface area contributed by atoms with Crippen molar-refractivity contribution < 1.29 is 9.53 Å². The van der Waals surface area contributed by atoms with Gasteiger partial charge in [0.25, 0.3) is 0 Å². The lowest BCUT2D eigenvalue weighted by atomic mass is 9.94. The van der Waals surface area contributed by atoms with Crippen molar-refractivity contribution in [1.82, 2.24) is 10.2 Å². The van der Waals surface area contributed by atoms with Crippen LogP contribution in [0.25, 0.3) is 0 Å². The number of esters is 1. The maximum atomic E-state index is 12.1. The molecule has 1 fully saturated rings. The molecule has 1 rings (SSSR count). The second kappa shape index (κ2) is 7.85. The summed E-state index contributed by atoms with van der Waals surface area (Å²) in [5, 5.41) is 3.16. The zero-order chi connectivity index (χ0) is 14.3. The first-order chi connectivity index (χ1) is 9.07. The lowest BCUT2D eigenvalue weighted by molar-refractivity contribution is -0.151. The van der Waals surface area contributed by atoms with Crippen LogP contribution in [0.3, 0.4) is 0 Å². The summed E-state index contributed by atoms with van der Waals surface area (Å²) in [4.78, 5) is 14.6. The molecule has 1 aliphatic heterocycles. The highest BCUT2D eigenvalue weighted by molar-refractivity contribution is 5.80. The van der Waals surface area contributed by atoms with E-state index in [1.807, 2.05) is 20.9 Å². The van der Waals surface area contributed by atoms with Crippen molar-refractivity contribution in [1.29, 1.82) is 0 Å². The molecule has 1 N–H and O–H groups in total. The molecule has 112 valence electrons. The lowest BCUT2D eigenvalue weighted by Crippen LogP contribution is -2.58. The predicted octanol–water partition coefficient (Wildman–Crippen LogP) is 2.18. The summed E-state index contributed by atoms with van der Waals surface area (Å²) in [6.07, 6.45) is 6.25. The van der Waals surface area contributed by atoms with Gasteiger partial charge in [0.05, 0.1) is 6.61 Å². The summed E-state index contributed by atoms with van der Waals surface area (Å²) in [6.45, 7) is 8.32. The van der Waals surface area contributed by atoms with E-state index in [0.29, 0.717) is 12.6 Å². The highest BCUT2D eigenvalue weighted by Gasteiger charge is 2.37. The van der Waals surface area contributed by atoms with E-state index >= 15 is 0 Å². The molecule has 0 aliphatic carbocycles. The number of ether oxygens (including phenoxy) is 1. The third-order valence-corrected chi connectivity index (χ3v) is 4.17. The molecule has 4 nitrogen and oxygen atoms in total. The molecule has 4 heteroatoms. The van der Waals surface area contributed by atoms with Crippen LogP contribution in [0.1, 0.15) is 52.9 Å². The summed E-state index contributed by atoms with van der Waals surface area (Å²) in [6, 6.07) is 0.626. The molecule has 1 heterocycles. The van der Waals surface area contributed by atoms with Gasteiger partial charge in [-0.3, -0.25) is 9.69 Å². The van der Waals surface area contributed by atoms with Gasteiger partial charge in [0.15, 0.2) is 0 Å². The zero-order valence-electron chi connectivity index (χ0n) is 13.0. The Bertz CT molecular complexity index is 281. The van der Waals surface area contributed by atoms with Crippen molar-refractivity contribution in [2.24, 2.45) is 0 Å². The number of rotatable bonds is 7. The summed E-state index contributed by atoms with van der Waals surface area (Å²) in [5.41, 5.74) is -0.598. The summed E-state index contributed by atoms with van der Waals surface area (Å²) < 4.78 is 5.21. The Balaban J connectivity index is 2.68. The van der Waals surface area contributed by atoms with E-state index in [9.17, 15) is 4.79 Å². The van der Waals surface area contributed by atoms with Crippen LogP contribution in [0.4, 0.5) is 0 Å². The van der Waals surface area contributed by atoms with Gasteiger partial charge < -0.3 is 10.1 Å². The fourth-order valence-electron chi connectivity index (χ4n) is 2.87. The van der Waals surface area contributed by atoms with Gasteiger partial charge in [-0.2, -0.15) is 0 Å². The van der Waals surface area contributed by atoms with Gasteiger partial charge in [0, 0.05) is 12.6 Å². The Morgan fingerprint density at radius 1 is 1.42 bits per heavy atom. The molecule has 0 aromatic carbocycles. The molecule has 2 atom stereocenters. The number of likely N-dealkylation sites (tertiary alicyclic amines) is 1. The van der Waals surface area contributed by atoms with Crippen LogP contribution >= 0.6 is 0 Å². The van der Waals surface area contributed by atoms with Gasteiger partial charge in [-0.05, 0) is 46.7 Å². The number of carbonyl (C=O) groups is 1. The third kappa shape index (κ3) is 4.46. The van der Waals surface area contributed by atoms with Crippen LogP contribution < -0.4 is 5.32 Å². The molecule has 0 saturated carbocycles. The van der Waals surface area contributed by atoms with E-state index in [1.165, 1.54) is 32.1 Å². The molecule has 0 aromatic rings. The van der Waals surface area contributed by atoms with E-state index in [1.54, 1.807) is 0 Å². The van der Waals surface area contributed by atoms with E-state index in [-0.39, 0.29) is 5.97 Å². The predicted molar refractivity (Wildman–Crippen MR) is 78.2 cm³/mol. The first-order valence-electron chi connectivity index (χ1n) is 7.67. The standard InChI is InChI=1S/C15H30N2O2/c1-5-9-13-10-7-8-11-17(13)12-15(3,16-4)14(18)19-6-2/h13,16H,5-12H2,1-4H3. The minimum Gasteiger partial charge on any atom is -0.465 e. The smallest absolute Gasteiger partial charge is 0.327 e. The van der Waals surface area contributed by atoms with Crippen LogP contribution in [0.5, 0.6) is 0 Å². The van der Waals surface area contributed by atoms with Crippen LogP contribution in [0.2, 0.25) is 0 Å². The average molecular weight is 270 g/mol. The molecule has 0 amide bonds. The van der Waals surface area contributed by atoms with Crippen molar-refractivity contribution in [3.05, 3.63) is 0 Å². The fraction of sp³-hybridized carbons (Fsp3) is 0.933. The Labute approximate surface area is 117 Å². The van der Waals surface area contributed by atoms with Crippen molar-refractivity contribution >= 4 is 5.97 Å². The first kappa shape index (κ1) is 16.4. The second-order valence-electron chi connectivity index (χ2n) is 5.71. The second-order valence-corrected chi connectivity index (χ2v) is 5.71. The summed E-state index contributed by atoms with van der Waals surface area (Å²) >= 11 is 0. The number of piperidine rings is 1. The van der Waals surface area contributed by atoms with Gasteiger partial charge in [0.1, 0.15) is 5.54 Å². The quantitative estimate of drug-likeness (QED) is 0.720.